The molecule has 2 nitrogen and oxygen atoms in total. The van der Waals surface area contributed by atoms with E-state index in [4.69, 9.17) is 0 Å². The minimum absolute atomic E-state index is 0.00647. The Labute approximate surface area is 131 Å². The van der Waals surface area contributed by atoms with Crippen LogP contribution in [0.3, 0.4) is 0 Å². The predicted molar refractivity (Wildman–Crippen MR) is 84.1 cm³/mol. The number of aromatic nitrogens is 1. The molecule has 0 saturated heterocycles. The van der Waals surface area contributed by atoms with Gasteiger partial charge < -0.3 is 4.57 Å². The summed E-state index contributed by atoms with van der Waals surface area (Å²) < 4.78 is 40.5. The van der Waals surface area contributed by atoms with Crippen LogP contribution in [0, 0.1) is 11.8 Å². The molecule has 1 heterocycles. The van der Waals surface area contributed by atoms with Gasteiger partial charge in [0, 0.05) is 5.35 Å². The van der Waals surface area contributed by atoms with Crippen molar-refractivity contribution in [2.45, 2.75) is 19.6 Å². The van der Waals surface area contributed by atoms with Gasteiger partial charge in [-0.2, -0.15) is 13.2 Å². The van der Waals surface area contributed by atoms with Crippen molar-refractivity contribution in [3.8, 4) is 11.8 Å². The van der Waals surface area contributed by atoms with Gasteiger partial charge in [-0.1, -0.05) is 37.3 Å². The van der Waals surface area contributed by atoms with Crippen molar-refractivity contribution < 1.29 is 13.2 Å². The second-order valence-corrected chi connectivity index (χ2v) is 4.95. The minimum atomic E-state index is -4.49. The van der Waals surface area contributed by atoms with E-state index in [1.165, 1.54) is 28.8 Å². The van der Waals surface area contributed by atoms with Crippen LogP contribution < -0.4 is 16.1 Å². The molecule has 0 amide bonds. The van der Waals surface area contributed by atoms with E-state index in [0.717, 1.165) is 6.07 Å². The third-order valence-electron chi connectivity index (χ3n) is 3.40. The molecule has 0 fully saturated rings. The molecule has 118 valence electrons. The van der Waals surface area contributed by atoms with Gasteiger partial charge in [-0.25, -0.2) is 0 Å². The van der Waals surface area contributed by atoms with Crippen LogP contribution in [-0.2, 0) is 12.7 Å². The van der Waals surface area contributed by atoms with Crippen LogP contribution in [0.2, 0.25) is 0 Å². The Balaban J connectivity index is 2.67. The van der Waals surface area contributed by atoms with Crippen molar-refractivity contribution in [1.82, 2.24) is 4.57 Å². The molecule has 0 N–H and O–H groups in total. The van der Waals surface area contributed by atoms with Crippen molar-refractivity contribution in [2.75, 3.05) is 0 Å². The largest absolute Gasteiger partial charge is 0.416 e. The highest BCUT2D eigenvalue weighted by molar-refractivity contribution is 5.35. The second kappa shape index (κ2) is 6.17. The Bertz CT molecular complexity index is 959. The molecule has 5 heteroatoms. The van der Waals surface area contributed by atoms with Gasteiger partial charge in [-0.3, -0.25) is 4.79 Å². The van der Waals surface area contributed by atoms with Crippen LogP contribution in [0.25, 0.3) is 13.2 Å². The van der Waals surface area contributed by atoms with E-state index in [2.05, 4.69) is 25.0 Å². The van der Waals surface area contributed by atoms with Crippen molar-refractivity contribution in [2.24, 2.45) is 0 Å². The fraction of sp³-hybridized carbons (Fsp3) is 0.167. The molecule has 0 aliphatic carbocycles. The number of rotatable bonds is 2. The normalized spacial score (nSPS) is 11.0. The number of pyridine rings is 1. The number of nitrogens with zero attached hydrogens (tertiary/aromatic N) is 1. The number of benzene rings is 1. The average molecular weight is 317 g/mol. The zero-order chi connectivity index (χ0) is 17.2. The smallest absolute Gasteiger partial charge is 0.303 e. The van der Waals surface area contributed by atoms with Crippen LogP contribution >= 0.6 is 0 Å². The molecular weight excluding hydrogens is 303 g/mol. The number of hydrogen-bond donors (Lipinski definition) is 0. The lowest BCUT2D eigenvalue weighted by molar-refractivity contribution is -0.138. The van der Waals surface area contributed by atoms with Crippen LogP contribution in [0.5, 0.6) is 0 Å². The van der Waals surface area contributed by atoms with Gasteiger partial charge in [0.1, 0.15) is 0 Å². The van der Waals surface area contributed by atoms with E-state index in [1.54, 1.807) is 6.92 Å². The fourth-order valence-corrected chi connectivity index (χ4v) is 2.26. The molecule has 0 atom stereocenters. The van der Waals surface area contributed by atoms with E-state index >= 15 is 0 Å². The molecule has 1 aromatic heterocycles. The Morgan fingerprint density at radius 2 is 1.87 bits per heavy atom. The summed E-state index contributed by atoms with van der Waals surface area (Å²) in [5.41, 5.74) is -1.07. The highest BCUT2D eigenvalue weighted by Crippen LogP contribution is 2.31. The fourth-order valence-electron chi connectivity index (χ4n) is 2.26. The molecule has 2 rings (SSSR count). The molecule has 0 saturated carbocycles. The molecule has 0 unspecified atom stereocenters. The Kier molecular flexibility index (Phi) is 4.46. The zero-order valence-electron chi connectivity index (χ0n) is 12.5. The molecule has 23 heavy (non-hydrogen) atoms. The lowest BCUT2D eigenvalue weighted by Gasteiger charge is -2.14. The van der Waals surface area contributed by atoms with Crippen LogP contribution in [0.4, 0.5) is 13.2 Å². The minimum Gasteiger partial charge on any atom is -0.303 e. The molecule has 0 radical (unpaired) electrons. The maximum Gasteiger partial charge on any atom is 0.416 e. The van der Waals surface area contributed by atoms with Crippen molar-refractivity contribution in [1.29, 1.82) is 0 Å². The van der Waals surface area contributed by atoms with Crippen LogP contribution in [0.1, 0.15) is 23.6 Å². The first-order valence-corrected chi connectivity index (χ1v) is 6.75. The third kappa shape index (κ3) is 3.37. The summed E-state index contributed by atoms with van der Waals surface area (Å²) in [5, 5.41) is 0.723. The SMILES string of the molecule is C=c1cc(C#CC)c(=O)n(Cc2ccccc2C(F)(F)F)c1=C. The summed E-state index contributed by atoms with van der Waals surface area (Å²) in [6.45, 7) is 8.84. The maximum absolute atomic E-state index is 13.1. The van der Waals surface area contributed by atoms with Gasteiger partial charge >= 0.3 is 6.18 Å². The summed E-state index contributed by atoms with van der Waals surface area (Å²) in [6, 6.07) is 6.64. The monoisotopic (exact) mass is 317 g/mol. The summed E-state index contributed by atoms with van der Waals surface area (Å²) in [7, 11) is 0. The van der Waals surface area contributed by atoms with E-state index in [1.807, 2.05) is 0 Å². The highest BCUT2D eigenvalue weighted by Gasteiger charge is 2.32. The molecular formula is C18H14F3NO. The number of alkyl halides is 3. The first-order valence-electron chi connectivity index (χ1n) is 6.75. The molecule has 0 aliphatic heterocycles. The second-order valence-electron chi connectivity index (χ2n) is 4.95. The Hall–Kier alpha value is -2.74. The first kappa shape index (κ1) is 16.6. The third-order valence-corrected chi connectivity index (χ3v) is 3.40. The van der Waals surface area contributed by atoms with Crippen LogP contribution in [-0.4, -0.2) is 4.57 Å². The maximum atomic E-state index is 13.1. The molecule has 0 spiro atoms. The summed E-state index contributed by atoms with van der Waals surface area (Å²) >= 11 is 0. The molecule has 2 aromatic rings. The van der Waals surface area contributed by atoms with E-state index < -0.39 is 17.3 Å². The van der Waals surface area contributed by atoms with E-state index in [-0.39, 0.29) is 23.0 Å². The van der Waals surface area contributed by atoms with Gasteiger partial charge in [0.25, 0.3) is 5.56 Å². The average Bonchev–Trinajstić information content (AvgIpc) is 2.49. The molecule has 1 aromatic carbocycles. The van der Waals surface area contributed by atoms with Crippen LogP contribution in [0.15, 0.2) is 35.1 Å². The lowest BCUT2D eigenvalue weighted by atomic mass is 10.1. The van der Waals surface area contributed by atoms with Gasteiger partial charge in [-0.15, -0.1) is 5.92 Å². The lowest BCUT2D eigenvalue weighted by Crippen LogP contribution is -2.43. The first-order chi connectivity index (χ1) is 10.8. The Morgan fingerprint density at radius 1 is 1.22 bits per heavy atom. The Morgan fingerprint density at radius 3 is 2.48 bits per heavy atom. The van der Waals surface area contributed by atoms with Gasteiger partial charge in [0.2, 0.25) is 0 Å². The van der Waals surface area contributed by atoms with Crippen molar-refractivity contribution >= 4 is 13.2 Å². The molecule has 0 aliphatic rings. The van der Waals surface area contributed by atoms with Crippen molar-refractivity contribution in [3.05, 3.63) is 67.9 Å². The van der Waals surface area contributed by atoms with E-state index in [0.29, 0.717) is 5.22 Å². The summed E-state index contributed by atoms with van der Waals surface area (Å²) in [4.78, 5) is 12.4. The zero-order valence-corrected chi connectivity index (χ0v) is 12.5. The molecule has 0 bridgehead atoms. The number of halogens is 3. The van der Waals surface area contributed by atoms with E-state index in [9.17, 15) is 18.0 Å². The van der Waals surface area contributed by atoms with Gasteiger partial charge in [-0.05, 0) is 29.8 Å². The summed E-state index contributed by atoms with van der Waals surface area (Å²) in [6.07, 6.45) is -4.49. The quantitative estimate of drug-likeness (QED) is 0.778. The highest BCUT2D eigenvalue weighted by atomic mass is 19.4. The van der Waals surface area contributed by atoms with Gasteiger partial charge in [0.15, 0.2) is 0 Å². The summed E-state index contributed by atoms with van der Waals surface area (Å²) in [5.74, 6) is 5.25. The standard InChI is InChI=1S/C18H14F3NO/c1-4-7-14-10-12(2)13(3)22(17(14)23)11-15-8-5-6-9-16(15)18(19,20)21/h5-6,8-10H,2-3,11H2,1H3. The van der Waals surface area contributed by atoms with Gasteiger partial charge in [0.05, 0.1) is 17.7 Å². The van der Waals surface area contributed by atoms with Crippen molar-refractivity contribution in [3.63, 3.8) is 0 Å². The topological polar surface area (TPSA) is 22.0 Å². The predicted octanol–water partition coefficient (Wildman–Crippen LogP) is 2.11. The number of hydrogen-bond acceptors (Lipinski definition) is 1.